The van der Waals surface area contributed by atoms with Crippen LogP contribution in [0.15, 0.2) is 41.4 Å². The molecule has 0 radical (unpaired) electrons. The molecule has 1 heterocycles. The van der Waals surface area contributed by atoms with Gasteiger partial charge in [0.15, 0.2) is 15.5 Å². The van der Waals surface area contributed by atoms with Crippen molar-refractivity contribution in [2.75, 3.05) is 13.4 Å². The number of benzene rings is 1. The van der Waals surface area contributed by atoms with Crippen molar-refractivity contribution in [2.45, 2.75) is 11.8 Å². The Hall–Kier alpha value is -2.21. The highest BCUT2D eigenvalue weighted by Crippen LogP contribution is 2.22. The van der Waals surface area contributed by atoms with Crippen LogP contribution in [0.25, 0.3) is 11.1 Å². The van der Waals surface area contributed by atoms with Crippen LogP contribution in [0.5, 0.6) is 0 Å². The molecule has 0 spiro atoms. The quantitative estimate of drug-likeness (QED) is 0.813. The van der Waals surface area contributed by atoms with Gasteiger partial charge < -0.3 is 4.74 Å². The number of esters is 1. The molecular weight excluding hydrogens is 290 g/mol. The van der Waals surface area contributed by atoms with Gasteiger partial charge in [-0.2, -0.15) is 0 Å². The van der Waals surface area contributed by atoms with E-state index < -0.39 is 15.8 Å². The minimum atomic E-state index is -3.21. The lowest BCUT2D eigenvalue weighted by Gasteiger charge is -2.07. The molecule has 0 unspecified atom stereocenters. The summed E-state index contributed by atoms with van der Waals surface area (Å²) in [4.78, 5) is 15.9. The van der Waals surface area contributed by atoms with E-state index in [9.17, 15) is 13.2 Å². The highest BCUT2D eigenvalue weighted by molar-refractivity contribution is 7.90. The lowest BCUT2D eigenvalue weighted by Crippen LogP contribution is -2.06. The maximum absolute atomic E-state index is 11.5. The molecule has 0 saturated heterocycles. The predicted molar refractivity (Wildman–Crippen MR) is 78.9 cm³/mol. The van der Waals surface area contributed by atoms with Gasteiger partial charge in [0.2, 0.25) is 0 Å². The van der Waals surface area contributed by atoms with Crippen LogP contribution in [0.1, 0.15) is 16.1 Å². The van der Waals surface area contributed by atoms with Crippen LogP contribution in [0.4, 0.5) is 0 Å². The first-order valence-corrected chi connectivity index (χ1v) is 8.07. The van der Waals surface area contributed by atoms with Gasteiger partial charge in [0.25, 0.3) is 0 Å². The summed E-state index contributed by atoms with van der Waals surface area (Å²) in [6.45, 7) is 1.77. The number of aryl methyl sites for hydroxylation is 1. The Morgan fingerprint density at radius 1 is 1.14 bits per heavy atom. The van der Waals surface area contributed by atoms with E-state index in [4.69, 9.17) is 0 Å². The molecule has 0 aliphatic rings. The summed E-state index contributed by atoms with van der Waals surface area (Å²) < 4.78 is 27.5. The molecule has 5 nitrogen and oxygen atoms in total. The van der Waals surface area contributed by atoms with Crippen LogP contribution >= 0.6 is 0 Å². The lowest BCUT2D eigenvalue weighted by atomic mass is 10.0. The fourth-order valence-corrected chi connectivity index (χ4v) is 2.57. The van der Waals surface area contributed by atoms with Crippen molar-refractivity contribution in [3.63, 3.8) is 0 Å². The molecule has 110 valence electrons. The number of hydrogen-bond donors (Lipinski definition) is 0. The van der Waals surface area contributed by atoms with Gasteiger partial charge >= 0.3 is 5.97 Å². The van der Waals surface area contributed by atoms with E-state index >= 15 is 0 Å². The third-order valence-electron chi connectivity index (χ3n) is 3.07. The smallest absolute Gasteiger partial charge is 0.356 e. The van der Waals surface area contributed by atoms with Crippen molar-refractivity contribution in [2.24, 2.45) is 0 Å². The number of rotatable bonds is 3. The van der Waals surface area contributed by atoms with Gasteiger partial charge in [-0.3, -0.25) is 0 Å². The molecule has 21 heavy (non-hydrogen) atoms. The van der Waals surface area contributed by atoms with Crippen molar-refractivity contribution >= 4 is 15.8 Å². The van der Waals surface area contributed by atoms with Crippen LogP contribution in [0.2, 0.25) is 0 Å². The summed E-state index contributed by atoms with van der Waals surface area (Å²) in [6, 6.07) is 8.34. The number of carbonyl (C=O) groups excluding carboxylic acids is 1. The summed E-state index contributed by atoms with van der Waals surface area (Å²) in [5, 5.41) is 0. The molecule has 0 atom stereocenters. The van der Waals surface area contributed by atoms with Crippen molar-refractivity contribution in [1.29, 1.82) is 0 Å². The Bertz CT molecular complexity index is 780. The van der Waals surface area contributed by atoms with Gasteiger partial charge in [0.1, 0.15) is 0 Å². The topological polar surface area (TPSA) is 73.3 Å². The predicted octanol–water partition coefficient (Wildman–Crippen LogP) is 2.25. The van der Waals surface area contributed by atoms with Crippen molar-refractivity contribution in [1.82, 2.24) is 4.98 Å². The molecule has 0 N–H and O–H groups in total. The van der Waals surface area contributed by atoms with E-state index in [1.807, 2.05) is 6.07 Å². The van der Waals surface area contributed by atoms with Gasteiger partial charge in [-0.05, 0) is 36.2 Å². The van der Waals surface area contributed by atoms with Gasteiger partial charge in [0.05, 0.1) is 12.0 Å². The molecular formula is C15H15NO4S. The zero-order valence-corrected chi connectivity index (χ0v) is 12.8. The van der Waals surface area contributed by atoms with Gasteiger partial charge in [-0.25, -0.2) is 18.2 Å². The summed E-state index contributed by atoms with van der Waals surface area (Å²) in [5.41, 5.74) is 2.61. The summed E-state index contributed by atoms with van der Waals surface area (Å²) in [5.74, 6) is -0.480. The number of pyridine rings is 1. The van der Waals surface area contributed by atoms with E-state index in [0.717, 1.165) is 11.1 Å². The van der Waals surface area contributed by atoms with E-state index in [0.29, 0.717) is 5.56 Å². The largest absolute Gasteiger partial charge is 0.464 e. The van der Waals surface area contributed by atoms with Gasteiger partial charge in [0, 0.05) is 18.0 Å². The summed E-state index contributed by atoms with van der Waals surface area (Å²) in [7, 11) is -1.90. The third-order valence-corrected chi connectivity index (χ3v) is 4.20. The van der Waals surface area contributed by atoms with Gasteiger partial charge in [-0.1, -0.05) is 12.1 Å². The number of aromatic nitrogens is 1. The Morgan fingerprint density at radius 3 is 2.24 bits per heavy atom. The monoisotopic (exact) mass is 305 g/mol. The Labute approximate surface area is 123 Å². The van der Waals surface area contributed by atoms with Crippen LogP contribution in [0.3, 0.4) is 0 Å². The molecule has 0 aliphatic heterocycles. The molecule has 6 heteroatoms. The second-order valence-electron chi connectivity index (χ2n) is 4.68. The van der Waals surface area contributed by atoms with Crippen molar-refractivity contribution < 1.29 is 17.9 Å². The maximum atomic E-state index is 11.5. The zero-order valence-electron chi connectivity index (χ0n) is 12.0. The first-order valence-electron chi connectivity index (χ1n) is 6.18. The van der Waals surface area contributed by atoms with E-state index in [1.54, 1.807) is 37.4 Å². The molecule has 0 saturated carbocycles. The minimum absolute atomic E-state index is 0.266. The fraction of sp³-hybridized carbons (Fsp3) is 0.200. The Kier molecular flexibility index (Phi) is 4.09. The molecule has 1 aromatic heterocycles. The molecule has 0 bridgehead atoms. The highest BCUT2D eigenvalue weighted by Gasteiger charge is 2.12. The Morgan fingerprint density at radius 2 is 1.76 bits per heavy atom. The fourth-order valence-electron chi connectivity index (χ4n) is 1.94. The van der Waals surface area contributed by atoms with Crippen molar-refractivity contribution in [3.8, 4) is 11.1 Å². The zero-order chi connectivity index (χ0) is 15.6. The molecule has 0 amide bonds. The number of nitrogens with zero attached hydrogens (tertiary/aromatic N) is 1. The molecule has 2 aromatic rings. The molecule has 0 aliphatic carbocycles. The summed E-state index contributed by atoms with van der Waals surface area (Å²) >= 11 is 0. The second kappa shape index (κ2) is 5.65. The minimum Gasteiger partial charge on any atom is -0.464 e. The normalized spacial score (nSPS) is 11.2. The molecule has 0 fully saturated rings. The SMILES string of the molecule is COC(=O)c1ncc(-c2ccc(S(C)(=O)=O)cc2)cc1C. The van der Waals surface area contributed by atoms with Crippen LogP contribution in [0, 0.1) is 6.92 Å². The van der Waals surface area contributed by atoms with E-state index in [-0.39, 0.29) is 10.6 Å². The average molecular weight is 305 g/mol. The maximum Gasteiger partial charge on any atom is 0.356 e. The molecule has 2 rings (SSSR count). The highest BCUT2D eigenvalue weighted by atomic mass is 32.2. The summed E-state index contributed by atoms with van der Waals surface area (Å²) in [6.07, 6.45) is 2.73. The van der Waals surface area contributed by atoms with Crippen LogP contribution in [-0.4, -0.2) is 32.7 Å². The van der Waals surface area contributed by atoms with Crippen LogP contribution < -0.4 is 0 Å². The number of ether oxygens (including phenoxy) is 1. The number of hydrogen-bond acceptors (Lipinski definition) is 5. The van der Waals surface area contributed by atoms with Crippen LogP contribution in [-0.2, 0) is 14.6 Å². The number of methoxy groups -OCH3 is 1. The standard InChI is InChI=1S/C15H15NO4S/c1-10-8-12(9-16-14(10)15(17)20-2)11-4-6-13(7-5-11)21(3,18)19/h4-9H,1-3H3. The third kappa shape index (κ3) is 3.28. The lowest BCUT2D eigenvalue weighted by molar-refractivity contribution is 0.0593. The average Bonchev–Trinajstić information content (AvgIpc) is 2.45. The number of carbonyl (C=O) groups is 1. The van der Waals surface area contributed by atoms with E-state index in [1.165, 1.54) is 13.4 Å². The first-order chi connectivity index (χ1) is 9.82. The van der Waals surface area contributed by atoms with E-state index in [2.05, 4.69) is 9.72 Å². The van der Waals surface area contributed by atoms with Gasteiger partial charge in [-0.15, -0.1) is 0 Å². The second-order valence-corrected chi connectivity index (χ2v) is 6.69. The van der Waals surface area contributed by atoms with Crippen molar-refractivity contribution in [3.05, 3.63) is 47.8 Å². The Balaban J connectivity index is 2.39. The first kappa shape index (κ1) is 15.2. The number of sulfone groups is 1. The molecule has 1 aromatic carbocycles.